The predicted molar refractivity (Wildman–Crippen MR) is 79.4 cm³/mol. The van der Waals surface area contributed by atoms with E-state index >= 15 is 0 Å². The number of amides is 1. The van der Waals surface area contributed by atoms with E-state index in [1.54, 1.807) is 0 Å². The normalized spacial score (nSPS) is 14.2. The van der Waals surface area contributed by atoms with Crippen LogP contribution in [0, 0.1) is 5.92 Å². The Hall–Kier alpha value is -1.93. The fourth-order valence-corrected chi connectivity index (χ4v) is 2.68. The topological polar surface area (TPSA) is 105 Å². The molecule has 0 atom stereocenters. The van der Waals surface area contributed by atoms with Gasteiger partial charge in [0.05, 0.1) is 5.39 Å². The average molecular weight is 292 g/mol. The average Bonchev–Trinajstić information content (AvgIpc) is 3.21. The van der Waals surface area contributed by atoms with Gasteiger partial charge in [0.2, 0.25) is 11.9 Å². The first-order valence-corrected chi connectivity index (χ1v) is 7.39. The summed E-state index contributed by atoms with van der Waals surface area (Å²) in [6, 6.07) is 1.96. The number of nitrogens with two attached hydrogens (primary N) is 1. The molecule has 20 heavy (non-hydrogen) atoms. The third kappa shape index (κ3) is 2.81. The van der Waals surface area contributed by atoms with Gasteiger partial charge < -0.3 is 10.6 Å². The van der Waals surface area contributed by atoms with Crippen molar-refractivity contribution in [1.82, 2.24) is 15.3 Å². The Morgan fingerprint density at radius 1 is 1.40 bits per heavy atom. The van der Waals surface area contributed by atoms with Gasteiger partial charge in [-0.25, -0.2) is 10.8 Å². The molecule has 3 rings (SSSR count). The third-order valence-corrected chi connectivity index (χ3v) is 3.93. The maximum Gasteiger partial charge on any atom is 0.240 e. The van der Waals surface area contributed by atoms with Crippen LogP contribution in [0.2, 0.25) is 0 Å². The summed E-state index contributed by atoms with van der Waals surface area (Å²) in [5.74, 6) is 6.86. The second kappa shape index (κ2) is 5.59. The molecule has 0 aromatic carbocycles. The zero-order valence-corrected chi connectivity index (χ0v) is 11.7. The number of nitrogens with zero attached hydrogens (tertiary/aromatic N) is 2. The van der Waals surface area contributed by atoms with Crippen molar-refractivity contribution in [3.05, 3.63) is 11.4 Å². The van der Waals surface area contributed by atoms with E-state index in [-0.39, 0.29) is 11.8 Å². The molecule has 1 aliphatic rings. The maximum absolute atomic E-state index is 11.5. The Morgan fingerprint density at radius 2 is 2.25 bits per heavy atom. The number of carbonyl (C=O) groups excluding carboxylic acids is 1. The van der Waals surface area contributed by atoms with Crippen molar-refractivity contribution in [2.24, 2.45) is 11.8 Å². The Morgan fingerprint density at radius 3 is 3.00 bits per heavy atom. The lowest BCUT2D eigenvalue weighted by molar-refractivity contribution is -0.122. The Balaban J connectivity index is 1.61. The number of nitrogen functional groups attached to an aromatic ring is 1. The van der Waals surface area contributed by atoms with Gasteiger partial charge in [-0.05, 0) is 24.3 Å². The van der Waals surface area contributed by atoms with E-state index < -0.39 is 0 Å². The van der Waals surface area contributed by atoms with E-state index in [0.717, 1.165) is 28.9 Å². The molecule has 2 aromatic heterocycles. The first-order valence-electron chi connectivity index (χ1n) is 6.51. The number of rotatable bonds is 6. The zero-order valence-electron chi connectivity index (χ0n) is 10.8. The second-order valence-electron chi connectivity index (χ2n) is 4.67. The van der Waals surface area contributed by atoms with Crippen LogP contribution in [0.25, 0.3) is 10.2 Å². The van der Waals surface area contributed by atoms with Crippen LogP contribution in [0.3, 0.4) is 0 Å². The Kier molecular flexibility index (Phi) is 3.66. The molecule has 8 heteroatoms. The molecule has 2 heterocycles. The highest BCUT2D eigenvalue weighted by atomic mass is 32.1. The third-order valence-electron chi connectivity index (χ3n) is 3.12. The van der Waals surface area contributed by atoms with Crippen molar-refractivity contribution in [1.29, 1.82) is 0 Å². The first-order chi connectivity index (χ1) is 9.78. The summed E-state index contributed by atoms with van der Waals surface area (Å²) in [6.07, 6.45) is 2.04. The Bertz CT molecular complexity index is 623. The second-order valence-corrected chi connectivity index (χ2v) is 5.57. The van der Waals surface area contributed by atoms with E-state index in [1.165, 1.54) is 11.3 Å². The van der Waals surface area contributed by atoms with Crippen LogP contribution in [0.15, 0.2) is 11.4 Å². The van der Waals surface area contributed by atoms with Crippen LogP contribution in [0.4, 0.5) is 11.8 Å². The highest BCUT2D eigenvalue weighted by Gasteiger charge is 2.28. The van der Waals surface area contributed by atoms with Crippen molar-refractivity contribution >= 4 is 39.2 Å². The SMILES string of the molecule is NNc1nc(NCCNC(=O)C2CC2)c2ccsc2n1. The number of thiophene rings is 1. The molecule has 0 aliphatic heterocycles. The molecule has 1 amide bonds. The Labute approximate surface area is 119 Å². The van der Waals surface area contributed by atoms with Crippen LogP contribution < -0.4 is 21.9 Å². The van der Waals surface area contributed by atoms with E-state index in [9.17, 15) is 4.79 Å². The molecule has 5 N–H and O–H groups in total. The highest BCUT2D eigenvalue weighted by molar-refractivity contribution is 7.16. The smallest absolute Gasteiger partial charge is 0.240 e. The van der Waals surface area contributed by atoms with E-state index in [4.69, 9.17) is 5.84 Å². The lowest BCUT2D eigenvalue weighted by atomic mass is 10.3. The quantitative estimate of drug-likeness (QED) is 0.358. The summed E-state index contributed by atoms with van der Waals surface area (Å²) in [7, 11) is 0. The van der Waals surface area contributed by atoms with Crippen molar-refractivity contribution in [2.45, 2.75) is 12.8 Å². The van der Waals surface area contributed by atoms with Crippen LogP contribution >= 0.6 is 11.3 Å². The monoisotopic (exact) mass is 292 g/mol. The number of hydrazine groups is 1. The van der Waals surface area contributed by atoms with Crippen LogP contribution in [-0.4, -0.2) is 29.0 Å². The van der Waals surface area contributed by atoms with Gasteiger partial charge in [0, 0.05) is 19.0 Å². The summed E-state index contributed by atoms with van der Waals surface area (Å²) in [5.41, 5.74) is 2.46. The number of nitrogens with one attached hydrogen (secondary N) is 3. The van der Waals surface area contributed by atoms with Gasteiger partial charge >= 0.3 is 0 Å². The molecule has 106 valence electrons. The van der Waals surface area contributed by atoms with Crippen molar-refractivity contribution < 1.29 is 4.79 Å². The minimum Gasteiger partial charge on any atom is -0.368 e. The largest absolute Gasteiger partial charge is 0.368 e. The van der Waals surface area contributed by atoms with Gasteiger partial charge in [0.1, 0.15) is 10.6 Å². The molecular formula is C12H16N6OS. The summed E-state index contributed by atoms with van der Waals surface area (Å²) in [6.45, 7) is 1.20. The molecule has 0 radical (unpaired) electrons. The summed E-state index contributed by atoms with van der Waals surface area (Å²) >= 11 is 1.53. The molecule has 0 bridgehead atoms. The molecule has 1 aliphatic carbocycles. The molecule has 0 unspecified atom stereocenters. The predicted octanol–water partition coefficient (Wildman–Crippen LogP) is 0.915. The van der Waals surface area contributed by atoms with E-state index in [2.05, 4.69) is 26.0 Å². The van der Waals surface area contributed by atoms with Gasteiger partial charge in [-0.3, -0.25) is 10.2 Å². The fourth-order valence-electron chi connectivity index (χ4n) is 1.91. The van der Waals surface area contributed by atoms with Crippen molar-refractivity contribution in [3.63, 3.8) is 0 Å². The zero-order chi connectivity index (χ0) is 13.9. The molecule has 1 fully saturated rings. The first kappa shape index (κ1) is 13.1. The van der Waals surface area contributed by atoms with Gasteiger partial charge in [-0.15, -0.1) is 11.3 Å². The van der Waals surface area contributed by atoms with Crippen molar-refractivity contribution in [3.8, 4) is 0 Å². The summed E-state index contributed by atoms with van der Waals surface area (Å²) in [4.78, 5) is 20.9. The standard InChI is InChI=1S/C12H16N6OS/c13-18-12-16-9(8-3-6-20-11(8)17-12)14-4-5-15-10(19)7-1-2-7/h3,6-7H,1-2,4-5,13H2,(H,15,19)(H2,14,16,17,18). The summed E-state index contributed by atoms with van der Waals surface area (Å²) < 4.78 is 0. The maximum atomic E-state index is 11.5. The molecule has 0 spiro atoms. The molecule has 1 saturated carbocycles. The van der Waals surface area contributed by atoms with Gasteiger partial charge in [-0.2, -0.15) is 4.98 Å². The summed E-state index contributed by atoms with van der Waals surface area (Å²) in [5, 5.41) is 9.03. The van der Waals surface area contributed by atoms with E-state index in [1.807, 2.05) is 11.4 Å². The van der Waals surface area contributed by atoms with E-state index in [0.29, 0.717) is 19.0 Å². The van der Waals surface area contributed by atoms with Crippen LogP contribution in [0.1, 0.15) is 12.8 Å². The lowest BCUT2D eigenvalue weighted by Gasteiger charge is -2.09. The minimum absolute atomic E-state index is 0.152. The lowest BCUT2D eigenvalue weighted by Crippen LogP contribution is -2.30. The molecule has 2 aromatic rings. The van der Waals surface area contributed by atoms with Crippen LogP contribution in [0.5, 0.6) is 0 Å². The number of aromatic nitrogens is 2. The molecular weight excluding hydrogens is 276 g/mol. The van der Waals surface area contributed by atoms with Crippen LogP contribution in [-0.2, 0) is 4.79 Å². The number of carbonyl (C=O) groups is 1. The fraction of sp³-hybridized carbons (Fsp3) is 0.417. The van der Waals surface area contributed by atoms with Gasteiger partial charge in [-0.1, -0.05) is 0 Å². The molecule has 0 saturated heterocycles. The number of hydrogen-bond donors (Lipinski definition) is 4. The highest BCUT2D eigenvalue weighted by Crippen LogP contribution is 2.28. The molecule has 7 nitrogen and oxygen atoms in total. The van der Waals surface area contributed by atoms with Crippen molar-refractivity contribution in [2.75, 3.05) is 23.8 Å². The minimum atomic E-state index is 0.152. The number of anilines is 2. The van der Waals surface area contributed by atoms with Gasteiger partial charge in [0.25, 0.3) is 0 Å². The van der Waals surface area contributed by atoms with Gasteiger partial charge in [0.15, 0.2) is 0 Å². The number of fused-ring (bicyclic) bond motifs is 1. The number of hydrogen-bond acceptors (Lipinski definition) is 7.